The standard InChI is InChI=1S/C11H22/c1-6-10-7-11(4,5)9(3)8(10)2/h8-10H,6-7H2,1-5H3/t8-,9+,10?/m0/s1. The fourth-order valence-electron chi connectivity index (χ4n) is 2.68. The third-order valence-corrected chi connectivity index (χ3v) is 4.08. The molecule has 0 bridgehead atoms. The smallest absolute Gasteiger partial charge is 0.0323 e. The molecule has 0 heterocycles. The summed E-state index contributed by atoms with van der Waals surface area (Å²) in [6.07, 6.45) is 2.81. The average molecular weight is 154 g/mol. The lowest BCUT2D eigenvalue weighted by Crippen LogP contribution is -2.17. The Morgan fingerprint density at radius 1 is 1.27 bits per heavy atom. The maximum absolute atomic E-state index is 2.42. The van der Waals surface area contributed by atoms with Crippen molar-refractivity contribution in [3.63, 3.8) is 0 Å². The van der Waals surface area contributed by atoms with Gasteiger partial charge in [0.05, 0.1) is 0 Å². The van der Waals surface area contributed by atoms with Crippen molar-refractivity contribution < 1.29 is 0 Å². The first kappa shape index (κ1) is 9.09. The van der Waals surface area contributed by atoms with Gasteiger partial charge in [0.25, 0.3) is 0 Å². The van der Waals surface area contributed by atoms with Gasteiger partial charge in [-0.2, -0.15) is 0 Å². The molecule has 0 aromatic heterocycles. The van der Waals surface area contributed by atoms with Gasteiger partial charge in [-0.05, 0) is 29.6 Å². The molecule has 1 saturated carbocycles. The van der Waals surface area contributed by atoms with Crippen LogP contribution < -0.4 is 0 Å². The van der Waals surface area contributed by atoms with Crippen LogP contribution in [0.25, 0.3) is 0 Å². The molecule has 66 valence electrons. The van der Waals surface area contributed by atoms with Gasteiger partial charge in [0.2, 0.25) is 0 Å². The topological polar surface area (TPSA) is 0 Å². The zero-order valence-corrected chi connectivity index (χ0v) is 8.65. The second-order valence-electron chi connectivity index (χ2n) is 5.01. The molecule has 0 amide bonds. The summed E-state index contributed by atoms with van der Waals surface area (Å²) < 4.78 is 0. The van der Waals surface area contributed by atoms with Crippen molar-refractivity contribution in [1.29, 1.82) is 0 Å². The van der Waals surface area contributed by atoms with Gasteiger partial charge in [-0.25, -0.2) is 0 Å². The van der Waals surface area contributed by atoms with Crippen LogP contribution in [0.1, 0.15) is 47.5 Å². The minimum absolute atomic E-state index is 0.597. The van der Waals surface area contributed by atoms with Crippen molar-refractivity contribution in [2.24, 2.45) is 23.2 Å². The summed E-state index contributed by atoms with van der Waals surface area (Å²) in [6.45, 7) is 12.0. The zero-order chi connectivity index (χ0) is 8.65. The Morgan fingerprint density at radius 3 is 2.00 bits per heavy atom. The van der Waals surface area contributed by atoms with E-state index in [9.17, 15) is 0 Å². The molecule has 0 aromatic carbocycles. The van der Waals surface area contributed by atoms with Gasteiger partial charge in [0.15, 0.2) is 0 Å². The first-order chi connectivity index (χ1) is 4.99. The van der Waals surface area contributed by atoms with Crippen molar-refractivity contribution >= 4 is 0 Å². The maximum atomic E-state index is 2.42. The molecule has 0 saturated heterocycles. The molecule has 0 nitrogen and oxygen atoms in total. The van der Waals surface area contributed by atoms with E-state index < -0.39 is 0 Å². The van der Waals surface area contributed by atoms with E-state index in [1.54, 1.807) is 0 Å². The molecule has 0 spiro atoms. The van der Waals surface area contributed by atoms with E-state index in [4.69, 9.17) is 0 Å². The van der Waals surface area contributed by atoms with Crippen LogP contribution in [-0.4, -0.2) is 0 Å². The van der Waals surface area contributed by atoms with Gasteiger partial charge in [-0.1, -0.05) is 41.0 Å². The molecule has 0 heteroatoms. The summed E-state index contributed by atoms with van der Waals surface area (Å²) in [6, 6.07) is 0. The van der Waals surface area contributed by atoms with E-state index in [0.717, 1.165) is 17.8 Å². The third-order valence-electron chi connectivity index (χ3n) is 4.08. The molecule has 1 aliphatic carbocycles. The molecular weight excluding hydrogens is 132 g/mol. The zero-order valence-electron chi connectivity index (χ0n) is 8.65. The lowest BCUT2D eigenvalue weighted by molar-refractivity contribution is 0.246. The Bertz CT molecular complexity index is 135. The molecule has 0 aliphatic heterocycles. The maximum Gasteiger partial charge on any atom is -0.0323 e. The van der Waals surface area contributed by atoms with Crippen molar-refractivity contribution in [2.75, 3.05) is 0 Å². The highest BCUT2D eigenvalue weighted by molar-refractivity contribution is 4.91. The van der Waals surface area contributed by atoms with E-state index in [1.807, 2.05) is 0 Å². The van der Waals surface area contributed by atoms with Crippen molar-refractivity contribution in [3.05, 3.63) is 0 Å². The summed E-state index contributed by atoms with van der Waals surface area (Å²) in [5.74, 6) is 2.84. The highest BCUT2D eigenvalue weighted by Gasteiger charge is 2.41. The molecule has 0 N–H and O–H groups in total. The van der Waals surface area contributed by atoms with Crippen molar-refractivity contribution in [1.82, 2.24) is 0 Å². The molecule has 1 aliphatic rings. The van der Waals surface area contributed by atoms with Crippen LogP contribution in [0.15, 0.2) is 0 Å². The summed E-state index contributed by atoms with van der Waals surface area (Å²) in [5.41, 5.74) is 0.597. The lowest BCUT2D eigenvalue weighted by Gasteiger charge is -2.25. The van der Waals surface area contributed by atoms with Gasteiger partial charge in [-0.15, -0.1) is 0 Å². The molecule has 0 radical (unpaired) electrons. The van der Waals surface area contributed by atoms with Crippen LogP contribution in [0, 0.1) is 23.2 Å². The SMILES string of the molecule is CCC1CC(C)(C)[C@H](C)[C@@H]1C. The van der Waals surface area contributed by atoms with Crippen LogP contribution in [0.2, 0.25) is 0 Å². The van der Waals surface area contributed by atoms with Gasteiger partial charge >= 0.3 is 0 Å². The van der Waals surface area contributed by atoms with Gasteiger partial charge < -0.3 is 0 Å². The quantitative estimate of drug-likeness (QED) is 0.540. The molecule has 1 fully saturated rings. The predicted octanol–water partition coefficient (Wildman–Crippen LogP) is 3.71. The fraction of sp³-hybridized carbons (Fsp3) is 1.00. The number of rotatable bonds is 1. The normalized spacial score (nSPS) is 42.8. The van der Waals surface area contributed by atoms with Crippen LogP contribution in [-0.2, 0) is 0 Å². The Morgan fingerprint density at radius 2 is 1.82 bits per heavy atom. The predicted molar refractivity (Wildman–Crippen MR) is 50.5 cm³/mol. The van der Waals surface area contributed by atoms with Crippen LogP contribution in [0.4, 0.5) is 0 Å². The van der Waals surface area contributed by atoms with Crippen molar-refractivity contribution in [2.45, 2.75) is 47.5 Å². The largest absolute Gasteiger partial charge is 0.0651 e. The van der Waals surface area contributed by atoms with Crippen LogP contribution in [0.5, 0.6) is 0 Å². The van der Waals surface area contributed by atoms with E-state index in [0.29, 0.717) is 5.41 Å². The molecular formula is C11H22. The second-order valence-corrected chi connectivity index (χ2v) is 5.01. The van der Waals surface area contributed by atoms with E-state index in [1.165, 1.54) is 12.8 Å². The van der Waals surface area contributed by atoms with Gasteiger partial charge in [0, 0.05) is 0 Å². The minimum atomic E-state index is 0.597. The molecule has 0 aromatic rings. The summed E-state index contributed by atoms with van der Waals surface area (Å²) >= 11 is 0. The number of hydrogen-bond acceptors (Lipinski definition) is 0. The molecule has 1 rings (SSSR count). The Balaban J connectivity index is 2.69. The molecule has 1 unspecified atom stereocenters. The number of hydrogen-bond donors (Lipinski definition) is 0. The Labute approximate surface area is 71.4 Å². The second kappa shape index (κ2) is 2.80. The summed E-state index contributed by atoms with van der Waals surface area (Å²) in [7, 11) is 0. The monoisotopic (exact) mass is 154 g/mol. The third kappa shape index (κ3) is 1.45. The van der Waals surface area contributed by atoms with E-state index in [2.05, 4.69) is 34.6 Å². The molecule has 3 atom stereocenters. The lowest BCUT2D eigenvalue weighted by atomic mass is 9.81. The van der Waals surface area contributed by atoms with Crippen molar-refractivity contribution in [3.8, 4) is 0 Å². The van der Waals surface area contributed by atoms with Gasteiger partial charge in [-0.3, -0.25) is 0 Å². The van der Waals surface area contributed by atoms with Crippen LogP contribution in [0.3, 0.4) is 0 Å². The van der Waals surface area contributed by atoms with Crippen LogP contribution >= 0.6 is 0 Å². The summed E-state index contributed by atoms with van der Waals surface area (Å²) in [4.78, 5) is 0. The molecule has 11 heavy (non-hydrogen) atoms. The Hall–Kier alpha value is 0. The highest BCUT2D eigenvalue weighted by atomic mass is 14.5. The first-order valence-corrected chi connectivity index (χ1v) is 4.99. The minimum Gasteiger partial charge on any atom is -0.0651 e. The first-order valence-electron chi connectivity index (χ1n) is 4.99. The van der Waals surface area contributed by atoms with Gasteiger partial charge in [0.1, 0.15) is 0 Å². The summed E-state index contributed by atoms with van der Waals surface area (Å²) in [5, 5.41) is 0. The Kier molecular flexibility index (Phi) is 2.32. The van der Waals surface area contributed by atoms with E-state index in [-0.39, 0.29) is 0 Å². The van der Waals surface area contributed by atoms with E-state index >= 15 is 0 Å². The average Bonchev–Trinajstić information content (AvgIpc) is 2.13. The fourth-order valence-corrected chi connectivity index (χ4v) is 2.68. The highest BCUT2D eigenvalue weighted by Crippen LogP contribution is 2.50.